The van der Waals surface area contributed by atoms with Gasteiger partial charge in [-0.05, 0) is 30.5 Å². The van der Waals surface area contributed by atoms with Crippen LogP contribution in [0.2, 0.25) is 0 Å². The number of benzene rings is 2. The molecule has 2 aromatic carbocycles. The fourth-order valence-corrected chi connectivity index (χ4v) is 4.69. The lowest BCUT2D eigenvalue weighted by atomic mass is 9.91. The van der Waals surface area contributed by atoms with Crippen LogP contribution in [-0.2, 0) is 39.8 Å². The van der Waals surface area contributed by atoms with Gasteiger partial charge in [-0.1, -0.05) is 74.5 Å². The molecule has 4 rings (SSSR count). The summed E-state index contributed by atoms with van der Waals surface area (Å²) in [4.78, 5) is 69.7. The van der Waals surface area contributed by atoms with E-state index in [9.17, 15) is 24.0 Å². The van der Waals surface area contributed by atoms with Crippen molar-refractivity contribution in [3.05, 3.63) is 95.8 Å². The van der Waals surface area contributed by atoms with Gasteiger partial charge in [0.2, 0.25) is 5.75 Å². The monoisotopic (exact) mass is 644 g/mol. The zero-order valence-electron chi connectivity index (χ0n) is 26.4. The fraction of sp³-hybridized carbons (Fsp3) is 0.314. The standard InChI is InChI=1S/C35H36N2O10/c1-21(2)33(40)47-30-22(3)45-35(42)26(20-44-34(41)25(30)19-24-13-9-6-10-14-24)37-32(39)29-31(27(43-4)17-18-36-29)46-28(38)16-15-23-11-7-5-8-12-23/h5-18,21-22,25-26,30H,19-20H2,1-4H3,(H,37,39)/t22-,25+,26-,30-/m0/s1. The molecule has 4 atom stereocenters. The summed E-state index contributed by atoms with van der Waals surface area (Å²) in [5.41, 5.74) is 1.14. The van der Waals surface area contributed by atoms with Crippen LogP contribution in [0.5, 0.6) is 11.5 Å². The van der Waals surface area contributed by atoms with Crippen LogP contribution in [0.15, 0.2) is 79.0 Å². The SMILES string of the molecule is COc1ccnc(C(=O)N[C@H]2COC(=O)[C@H](Cc3ccccc3)[C@@H](OC(=O)C(C)C)[C@H](C)OC2=O)c1OC(=O)C=Cc1ccccc1. The molecule has 47 heavy (non-hydrogen) atoms. The first-order valence-corrected chi connectivity index (χ1v) is 15.0. The van der Waals surface area contributed by atoms with Crippen LogP contribution in [0.25, 0.3) is 6.08 Å². The summed E-state index contributed by atoms with van der Waals surface area (Å²) in [6.45, 7) is 4.19. The van der Waals surface area contributed by atoms with Crippen LogP contribution in [0, 0.1) is 11.8 Å². The van der Waals surface area contributed by atoms with Gasteiger partial charge in [-0.15, -0.1) is 0 Å². The molecule has 12 heteroatoms. The van der Waals surface area contributed by atoms with E-state index >= 15 is 0 Å². The second kappa shape index (κ2) is 16.2. The van der Waals surface area contributed by atoms with Crippen molar-refractivity contribution in [3.8, 4) is 11.5 Å². The lowest BCUT2D eigenvalue weighted by molar-refractivity contribution is -0.176. The van der Waals surface area contributed by atoms with Gasteiger partial charge in [-0.25, -0.2) is 14.6 Å². The van der Waals surface area contributed by atoms with Crippen LogP contribution >= 0.6 is 0 Å². The van der Waals surface area contributed by atoms with Crippen molar-refractivity contribution in [2.75, 3.05) is 13.7 Å². The molecule has 0 radical (unpaired) electrons. The van der Waals surface area contributed by atoms with Crippen LogP contribution in [0.1, 0.15) is 42.4 Å². The second-order valence-corrected chi connectivity index (χ2v) is 11.0. The Kier molecular flexibility index (Phi) is 11.8. The first-order chi connectivity index (χ1) is 22.6. The van der Waals surface area contributed by atoms with E-state index in [2.05, 4.69) is 10.3 Å². The van der Waals surface area contributed by atoms with E-state index in [0.717, 1.165) is 11.1 Å². The molecular weight excluding hydrogens is 608 g/mol. The van der Waals surface area contributed by atoms with Crippen molar-refractivity contribution in [2.45, 2.75) is 45.4 Å². The van der Waals surface area contributed by atoms with E-state index < -0.39 is 66.5 Å². The van der Waals surface area contributed by atoms with Crippen LogP contribution in [0.4, 0.5) is 0 Å². The molecule has 0 spiro atoms. The van der Waals surface area contributed by atoms with Crippen molar-refractivity contribution in [3.63, 3.8) is 0 Å². The molecule has 1 fully saturated rings. The van der Waals surface area contributed by atoms with E-state index in [4.69, 9.17) is 23.7 Å². The molecule has 3 aromatic rings. The van der Waals surface area contributed by atoms with Crippen molar-refractivity contribution in [1.82, 2.24) is 10.3 Å². The predicted octanol–water partition coefficient (Wildman–Crippen LogP) is 3.72. The molecule has 0 aliphatic carbocycles. The van der Waals surface area contributed by atoms with Crippen LogP contribution < -0.4 is 14.8 Å². The van der Waals surface area contributed by atoms with Crippen molar-refractivity contribution >= 4 is 35.9 Å². The number of methoxy groups -OCH3 is 1. The van der Waals surface area contributed by atoms with E-state index in [1.54, 1.807) is 50.2 Å². The average Bonchev–Trinajstić information content (AvgIpc) is 3.10. The highest BCUT2D eigenvalue weighted by Gasteiger charge is 2.42. The molecule has 0 bridgehead atoms. The van der Waals surface area contributed by atoms with Gasteiger partial charge in [0, 0.05) is 18.3 Å². The van der Waals surface area contributed by atoms with Gasteiger partial charge in [0.25, 0.3) is 5.91 Å². The maximum absolute atomic E-state index is 13.5. The maximum Gasteiger partial charge on any atom is 0.336 e. The Morgan fingerprint density at radius 2 is 1.68 bits per heavy atom. The van der Waals surface area contributed by atoms with Gasteiger partial charge in [0.05, 0.1) is 13.0 Å². The molecule has 1 saturated heterocycles. The van der Waals surface area contributed by atoms with Gasteiger partial charge >= 0.3 is 23.9 Å². The number of pyridine rings is 1. The van der Waals surface area contributed by atoms with Crippen molar-refractivity contribution < 1.29 is 47.7 Å². The molecule has 1 aliphatic rings. The maximum atomic E-state index is 13.5. The van der Waals surface area contributed by atoms with Gasteiger partial charge in [-0.3, -0.25) is 14.4 Å². The van der Waals surface area contributed by atoms with Gasteiger partial charge in [-0.2, -0.15) is 0 Å². The third-order valence-corrected chi connectivity index (χ3v) is 7.19. The van der Waals surface area contributed by atoms with Gasteiger partial charge < -0.3 is 29.0 Å². The van der Waals surface area contributed by atoms with Crippen molar-refractivity contribution in [2.24, 2.45) is 11.8 Å². The number of hydrogen-bond acceptors (Lipinski definition) is 11. The minimum absolute atomic E-state index is 0.0299. The number of esters is 4. The number of nitrogens with one attached hydrogen (secondary N) is 1. The number of rotatable bonds is 10. The highest BCUT2D eigenvalue weighted by molar-refractivity contribution is 5.99. The Morgan fingerprint density at radius 1 is 1.00 bits per heavy atom. The molecular formula is C35H36N2O10. The summed E-state index contributed by atoms with van der Waals surface area (Å²) in [6.07, 6.45) is 1.84. The number of carbonyl (C=O) groups is 5. The summed E-state index contributed by atoms with van der Waals surface area (Å²) in [5, 5.41) is 2.46. The van der Waals surface area contributed by atoms with Crippen LogP contribution in [-0.4, -0.2) is 66.7 Å². The number of aromatic nitrogens is 1. The molecule has 2 heterocycles. The Balaban J connectivity index is 1.56. The smallest absolute Gasteiger partial charge is 0.336 e. The zero-order chi connectivity index (χ0) is 33.9. The third-order valence-electron chi connectivity index (χ3n) is 7.19. The number of ether oxygens (including phenoxy) is 5. The molecule has 246 valence electrons. The number of amides is 1. The summed E-state index contributed by atoms with van der Waals surface area (Å²) < 4.78 is 27.6. The van der Waals surface area contributed by atoms with E-state index in [0.29, 0.717) is 0 Å². The first-order valence-electron chi connectivity index (χ1n) is 15.0. The quantitative estimate of drug-likeness (QED) is 0.195. The molecule has 1 amide bonds. The normalized spacial score (nSPS) is 19.9. The number of cyclic esters (lactones) is 2. The number of hydrogen-bond donors (Lipinski definition) is 1. The average molecular weight is 645 g/mol. The fourth-order valence-electron chi connectivity index (χ4n) is 4.69. The minimum atomic E-state index is -1.49. The highest BCUT2D eigenvalue weighted by Crippen LogP contribution is 2.30. The van der Waals surface area contributed by atoms with Gasteiger partial charge in [0.1, 0.15) is 18.6 Å². The molecule has 0 unspecified atom stereocenters. The first kappa shape index (κ1) is 34.4. The Morgan fingerprint density at radius 3 is 2.34 bits per heavy atom. The van der Waals surface area contributed by atoms with E-state index in [1.165, 1.54) is 38.4 Å². The van der Waals surface area contributed by atoms with Crippen molar-refractivity contribution in [1.29, 1.82) is 0 Å². The third kappa shape index (κ3) is 9.25. The molecule has 12 nitrogen and oxygen atoms in total. The second-order valence-electron chi connectivity index (χ2n) is 11.0. The largest absolute Gasteiger partial charge is 0.493 e. The molecule has 1 aliphatic heterocycles. The molecule has 0 saturated carbocycles. The lowest BCUT2D eigenvalue weighted by Crippen LogP contribution is -2.47. The Hall–Kier alpha value is -5.52. The topological polar surface area (TPSA) is 156 Å². The number of carbonyl (C=O) groups excluding carboxylic acids is 5. The molecule has 1 aromatic heterocycles. The summed E-state index contributed by atoms with van der Waals surface area (Å²) in [6, 6.07) is 18.0. The van der Waals surface area contributed by atoms with Gasteiger partial charge in [0.15, 0.2) is 23.6 Å². The highest BCUT2D eigenvalue weighted by atomic mass is 16.6. The molecule has 1 N–H and O–H groups in total. The summed E-state index contributed by atoms with van der Waals surface area (Å²) in [5.74, 6) is -5.83. The lowest BCUT2D eigenvalue weighted by Gasteiger charge is -2.29. The zero-order valence-corrected chi connectivity index (χ0v) is 26.4. The van der Waals surface area contributed by atoms with E-state index in [-0.39, 0.29) is 23.6 Å². The summed E-state index contributed by atoms with van der Waals surface area (Å²) >= 11 is 0. The minimum Gasteiger partial charge on any atom is -0.493 e. The number of nitrogens with zero attached hydrogens (tertiary/aromatic N) is 1. The Labute approximate surface area is 272 Å². The van der Waals surface area contributed by atoms with E-state index in [1.807, 2.05) is 24.3 Å². The summed E-state index contributed by atoms with van der Waals surface area (Å²) in [7, 11) is 1.32. The van der Waals surface area contributed by atoms with Crippen LogP contribution in [0.3, 0.4) is 0 Å². The Bertz CT molecular complexity index is 1610. The predicted molar refractivity (Wildman–Crippen MR) is 168 cm³/mol.